The van der Waals surface area contributed by atoms with Crippen molar-refractivity contribution in [3.8, 4) is 6.07 Å². The summed E-state index contributed by atoms with van der Waals surface area (Å²) in [7, 11) is 0. The first-order valence-electron chi connectivity index (χ1n) is 5.70. The molecule has 1 heterocycles. The lowest BCUT2D eigenvalue weighted by atomic mass is 9.95. The third-order valence-corrected chi connectivity index (χ3v) is 3.00. The molecule has 3 nitrogen and oxygen atoms in total. The predicted molar refractivity (Wildman–Crippen MR) is 69.1 cm³/mol. The number of aromatic nitrogens is 1. The Morgan fingerprint density at radius 3 is 3.00 bits per heavy atom. The zero-order valence-electron chi connectivity index (χ0n) is 9.59. The fourth-order valence-corrected chi connectivity index (χ4v) is 2.10. The fraction of sp³-hybridized carbons (Fsp3) is 0.385. The van der Waals surface area contributed by atoms with Gasteiger partial charge in [0.05, 0.1) is 12.1 Å². The van der Waals surface area contributed by atoms with E-state index >= 15 is 0 Å². The van der Waals surface area contributed by atoms with Gasteiger partial charge in [-0.15, -0.1) is 0 Å². The highest BCUT2D eigenvalue weighted by molar-refractivity contribution is 6.29. The van der Waals surface area contributed by atoms with Crippen molar-refractivity contribution in [1.82, 2.24) is 4.98 Å². The van der Waals surface area contributed by atoms with Gasteiger partial charge in [-0.1, -0.05) is 18.2 Å². The molecular formula is C13H14ClN3. The van der Waals surface area contributed by atoms with Gasteiger partial charge in [0.15, 0.2) is 0 Å². The summed E-state index contributed by atoms with van der Waals surface area (Å²) in [6, 6.07) is 4.12. The molecule has 1 aromatic heterocycles. The van der Waals surface area contributed by atoms with Gasteiger partial charge in [0.1, 0.15) is 11.9 Å². The SMILES string of the molecule is C=C(Cl)CNc1nc2c(cc1C#N)CCCC2. The molecule has 17 heavy (non-hydrogen) atoms. The molecule has 0 fully saturated rings. The van der Waals surface area contributed by atoms with Crippen LogP contribution in [-0.4, -0.2) is 11.5 Å². The van der Waals surface area contributed by atoms with E-state index in [0.717, 1.165) is 18.5 Å². The van der Waals surface area contributed by atoms with E-state index in [-0.39, 0.29) is 0 Å². The van der Waals surface area contributed by atoms with Gasteiger partial charge in [0, 0.05) is 10.7 Å². The molecule has 0 aromatic carbocycles. The molecule has 0 amide bonds. The van der Waals surface area contributed by atoms with Gasteiger partial charge < -0.3 is 5.32 Å². The topological polar surface area (TPSA) is 48.7 Å². The molecule has 1 aromatic rings. The van der Waals surface area contributed by atoms with Gasteiger partial charge in [0.2, 0.25) is 0 Å². The summed E-state index contributed by atoms with van der Waals surface area (Å²) < 4.78 is 0. The van der Waals surface area contributed by atoms with Gasteiger partial charge in [0.25, 0.3) is 0 Å². The number of fused-ring (bicyclic) bond motifs is 1. The third kappa shape index (κ3) is 2.78. The monoisotopic (exact) mass is 247 g/mol. The Morgan fingerprint density at radius 2 is 2.29 bits per heavy atom. The van der Waals surface area contributed by atoms with Crippen molar-refractivity contribution in [2.45, 2.75) is 25.7 Å². The largest absolute Gasteiger partial charge is 0.364 e. The summed E-state index contributed by atoms with van der Waals surface area (Å²) in [6.07, 6.45) is 4.38. The highest BCUT2D eigenvalue weighted by atomic mass is 35.5. The van der Waals surface area contributed by atoms with Crippen LogP contribution < -0.4 is 5.32 Å². The number of pyridine rings is 1. The van der Waals surface area contributed by atoms with Gasteiger partial charge in [-0.2, -0.15) is 5.26 Å². The number of hydrogen-bond donors (Lipinski definition) is 1. The van der Waals surface area contributed by atoms with Crippen LogP contribution in [0, 0.1) is 11.3 Å². The van der Waals surface area contributed by atoms with Crippen LogP contribution in [0.1, 0.15) is 29.7 Å². The second kappa shape index (κ2) is 5.20. The number of halogens is 1. The van der Waals surface area contributed by atoms with E-state index in [9.17, 15) is 0 Å². The molecule has 1 N–H and O–H groups in total. The molecule has 88 valence electrons. The van der Waals surface area contributed by atoms with Crippen LogP contribution in [0.25, 0.3) is 0 Å². The highest BCUT2D eigenvalue weighted by Crippen LogP contribution is 2.24. The van der Waals surface area contributed by atoms with Crippen LogP contribution in [0.5, 0.6) is 0 Å². The van der Waals surface area contributed by atoms with Crippen LogP contribution in [0.4, 0.5) is 5.82 Å². The van der Waals surface area contributed by atoms with Crippen LogP contribution in [0.2, 0.25) is 0 Å². The second-order valence-corrected chi connectivity index (χ2v) is 4.71. The number of anilines is 1. The van der Waals surface area contributed by atoms with Crippen molar-refractivity contribution < 1.29 is 0 Å². The summed E-state index contributed by atoms with van der Waals surface area (Å²) >= 11 is 5.70. The minimum Gasteiger partial charge on any atom is -0.364 e. The van der Waals surface area contributed by atoms with Gasteiger partial charge in [-0.3, -0.25) is 0 Å². The Balaban J connectivity index is 2.30. The smallest absolute Gasteiger partial charge is 0.144 e. The molecule has 0 spiro atoms. The predicted octanol–water partition coefficient (Wildman–Crippen LogP) is 3.00. The van der Waals surface area contributed by atoms with Crippen molar-refractivity contribution >= 4 is 17.4 Å². The summed E-state index contributed by atoms with van der Waals surface area (Å²) in [4.78, 5) is 4.52. The maximum atomic E-state index is 9.10. The maximum absolute atomic E-state index is 9.10. The van der Waals surface area contributed by atoms with Crippen molar-refractivity contribution in [2.75, 3.05) is 11.9 Å². The minimum absolute atomic E-state index is 0.433. The van der Waals surface area contributed by atoms with Crippen LogP contribution in [0.3, 0.4) is 0 Å². The molecule has 0 atom stereocenters. The molecule has 0 saturated carbocycles. The lowest BCUT2D eigenvalue weighted by Gasteiger charge is -2.17. The van der Waals surface area contributed by atoms with Gasteiger partial charge in [-0.25, -0.2) is 4.98 Å². The molecule has 0 bridgehead atoms. The van der Waals surface area contributed by atoms with Crippen LogP contribution in [0.15, 0.2) is 17.7 Å². The number of nitrogens with one attached hydrogen (secondary N) is 1. The Morgan fingerprint density at radius 1 is 1.53 bits per heavy atom. The Bertz CT molecular complexity index is 488. The maximum Gasteiger partial charge on any atom is 0.144 e. The first-order chi connectivity index (χ1) is 8.20. The van der Waals surface area contributed by atoms with Crippen molar-refractivity contribution in [3.63, 3.8) is 0 Å². The zero-order chi connectivity index (χ0) is 12.3. The normalized spacial score (nSPS) is 13.6. The van der Waals surface area contributed by atoms with Crippen molar-refractivity contribution in [2.24, 2.45) is 0 Å². The first-order valence-corrected chi connectivity index (χ1v) is 6.08. The molecule has 1 aliphatic rings. The van der Waals surface area contributed by atoms with Crippen molar-refractivity contribution in [1.29, 1.82) is 5.26 Å². The molecule has 2 rings (SSSR count). The van der Waals surface area contributed by atoms with E-state index in [0.29, 0.717) is 23.0 Å². The van der Waals surface area contributed by atoms with Crippen molar-refractivity contribution in [3.05, 3.63) is 34.5 Å². The van der Waals surface area contributed by atoms with E-state index in [2.05, 4.69) is 22.9 Å². The van der Waals surface area contributed by atoms with E-state index in [1.54, 1.807) is 0 Å². The Hall–Kier alpha value is -1.53. The number of rotatable bonds is 3. The van der Waals surface area contributed by atoms with Gasteiger partial charge in [-0.05, 0) is 37.3 Å². The molecule has 0 unspecified atom stereocenters. The zero-order valence-corrected chi connectivity index (χ0v) is 10.3. The number of hydrogen-bond acceptors (Lipinski definition) is 3. The number of nitrogens with zero attached hydrogens (tertiary/aromatic N) is 2. The fourth-order valence-electron chi connectivity index (χ4n) is 2.03. The molecule has 0 radical (unpaired) electrons. The molecule has 1 aliphatic carbocycles. The highest BCUT2D eigenvalue weighted by Gasteiger charge is 2.14. The van der Waals surface area contributed by atoms with E-state index in [1.165, 1.54) is 18.4 Å². The third-order valence-electron chi connectivity index (χ3n) is 2.87. The van der Waals surface area contributed by atoms with Crippen LogP contribution in [-0.2, 0) is 12.8 Å². The molecule has 4 heteroatoms. The first kappa shape index (κ1) is 11.9. The average molecular weight is 248 g/mol. The van der Waals surface area contributed by atoms with E-state index < -0.39 is 0 Å². The van der Waals surface area contributed by atoms with Gasteiger partial charge >= 0.3 is 0 Å². The molecular weight excluding hydrogens is 234 g/mol. The van der Waals surface area contributed by atoms with Crippen LogP contribution >= 0.6 is 11.6 Å². The Labute approximate surface area is 106 Å². The average Bonchev–Trinajstić information content (AvgIpc) is 2.35. The second-order valence-electron chi connectivity index (χ2n) is 4.18. The summed E-state index contributed by atoms with van der Waals surface area (Å²) in [6.45, 7) is 4.04. The summed E-state index contributed by atoms with van der Waals surface area (Å²) in [5.41, 5.74) is 2.91. The van der Waals surface area contributed by atoms with E-state index in [1.807, 2.05) is 6.07 Å². The number of nitriles is 1. The quantitative estimate of drug-likeness (QED) is 0.893. The molecule has 0 saturated heterocycles. The number of aryl methyl sites for hydroxylation is 2. The lowest BCUT2D eigenvalue weighted by molar-refractivity contribution is 0.668. The lowest BCUT2D eigenvalue weighted by Crippen LogP contribution is -2.11. The minimum atomic E-state index is 0.433. The summed E-state index contributed by atoms with van der Waals surface area (Å²) in [5, 5.41) is 12.7. The standard InChI is InChI=1S/C13H14ClN3/c1-9(14)8-16-13-11(7-15)6-10-4-2-3-5-12(10)17-13/h6H,1-5,8H2,(H,16,17). The van der Waals surface area contributed by atoms with E-state index in [4.69, 9.17) is 16.9 Å². The Kier molecular flexibility index (Phi) is 3.65. The molecule has 0 aliphatic heterocycles. The summed E-state index contributed by atoms with van der Waals surface area (Å²) in [5.74, 6) is 0.620.